The second kappa shape index (κ2) is 5.31. The van der Waals surface area contributed by atoms with Gasteiger partial charge in [0.25, 0.3) is 0 Å². The summed E-state index contributed by atoms with van der Waals surface area (Å²) in [4.78, 5) is 16.5. The summed E-state index contributed by atoms with van der Waals surface area (Å²) in [5, 5.41) is 2.32. The van der Waals surface area contributed by atoms with Crippen molar-refractivity contribution in [1.82, 2.24) is 4.98 Å². The molecule has 0 spiro atoms. The van der Waals surface area contributed by atoms with E-state index in [1.54, 1.807) is 6.20 Å². The molecule has 0 fully saturated rings. The normalized spacial score (nSPS) is 10.9. The molecule has 0 saturated carbocycles. The van der Waals surface area contributed by atoms with E-state index in [0.717, 1.165) is 10.2 Å². The minimum absolute atomic E-state index is 0.0646. The smallest absolute Gasteiger partial charge is 0.168 e. The summed E-state index contributed by atoms with van der Waals surface area (Å²) < 4.78 is 14.1. The number of Topliss-reactive ketones (excluding diaryl/α,β-unsaturated/α-hetero) is 1. The number of aromatic nitrogens is 1. The van der Waals surface area contributed by atoms with Crippen molar-refractivity contribution in [2.45, 2.75) is 6.42 Å². The van der Waals surface area contributed by atoms with Crippen LogP contribution in [-0.4, -0.2) is 10.8 Å². The molecule has 2 heterocycles. The number of halogens is 2. The molecule has 2 nitrogen and oxygen atoms in total. The predicted octanol–water partition coefficient (Wildman–Crippen LogP) is 4.51. The number of thiophene rings is 1. The molecular weight excluding hydrogens is 297 g/mol. The van der Waals surface area contributed by atoms with E-state index in [9.17, 15) is 9.18 Å². The Morgan fingerprint density at radius 2 is 2.15 bits per heavy atom. The highest BCUT2D eigenvalue weighted by Crippen LogP contribution is 2.22. The Balaban J connectivity index is 1.90. The lowest BCUT2D eigenvalue weighted by Gasteiger charge is -2.04. The van der Waals surface area contributed by atoms with Crippen LogP contribution in [0.3, 0.4) is 0 Å². The van der Waals surface area contributed by atoms with Gasteiger partial charge in [0.15, 0.2) is 5.78 Å². The van der Waals surface area contributed by atoms with Gasteiger partial charge in [0, 0.05) is 23.2 Å². The summed E-state index contributed by atoms with van der Waals surface area (Å²) in [6.45, 7) is 0. The van der Waals surface area contributed by atoms with Gasteiger partial charge in [-0.05, 0) is 41.3 Å². The maximum absolute atomic E-state index is 13.2. The molecule has 0 aliphatic carbocycles. The lowest BCUT2D eigenvalue weighted by Crippen LogP contribution is -2.04. The zero-order valence-corrected chi connectivity index (χ0v) is 11.8. The van der Waals surface area contributed by atoms with Crippen molar-refractivity contribution in [3.05, 3.63) is 63.9 Å². The van der Waals surface area contributed by atoms with E-state index in [1.165, 1.54) is 29.5 Å². The second-order valence-electron chi connectivity index (χ2n) is 4.36. The molecule has 0 saturated heterocycles. The van der Waals surface area contributed by atoms with Gasteiger partial charge in [0.2, 0.25) is 0 Å². The summed E-state index contributed by atoms with van der Waals surface area (Å²) in [6, 6.07) is 7.73. The van der Waals surface area contributed by atoms with Crippen LogP contribution < -0.4 is 0 Å². The summed E-state index contributed by atoms with van der Waals surface area (Å²) >= 11 is 7.50. The number of benzene rings is 1. The minimum atomic E-state index is -0.399. The van der Waals surface area contributed by atoms with Gasteiger partial charge in [0.05, 0.1) is 10.2 Å². The third kappa shape index (κ3) is 2.57. The first-order chi connectivity index (χ1) is 9.63. The largest absolute Gasteiger partial charge is 0.294 e. The lowest BCUT2D eigenvalue weighted by atomic mass is 10.0. The van der Waals surface area contributed by atoms with Gasteiger partial charge in [-0.3, -0.25) is 9.78 Å². The summed E-state index contributed by atoms with van der Waals surface area (Å²) in [5.41, 5.74) is 1.87. The van der Waals surface area contributed by atoms with Crippen molar-refractivity contribution in [1.29, 1.82) is 0 Å². The highest BCUT2D eigenvalue weighted by Gasteiger charge is 2.12. The molecule has 3 rings (SSSR count). The number of carbonyl (C=O) groups excluding carboxylic acids is 1. The van der Waals surface area contributed by atoms with Crippen molar-refractivity contribution in [2.75, 3.05) is 0 Å². The summed E-state index contributed by atoms with van der Waals surface area (Å²) in [5.74, 6) is -0.524. The van der Waals surface area contributed by atoms with Crippen LogP contribution in [0.15, 0.2) is 41.9 Å². The highest BCUT2D eigenvalue weighted by molar-refractivity contribution is 7.17. The van der Waals surface area contributed by atoms with Crippen LogP contribution in [0, 0.1) is 5.82 Å². The number of hydrogen-bond donors (Lipinski definition) is 0. The van der Waals surface area contributed by atoms with Crippen molar-refractivity contribution in [3.8, 4) is 0 Å². The van der Waals surface area contributed by atoms with E-state index in [-0.39, 0.29) is 12.2 Å². The Morgan fingerprint density at radius 1 is 1.30 bits per heavy atom. The molecule has 0 unspecified atom stereocenters. The molecule has 0 radical (unpaired) electrons. The van der Waals surface area contributed by atoms with Crippen molar-refractivity contribution < 1.29 is 9.18 Å². The van der Waals surface area contributed by atoms with Crippen LogP contribution in [0.4, 0.5) is 4.39 Å². The van der Waals surface area contributed by atoms with Gasteiger partial charge in [-0.1, -0.05) is 11.6 Å². The van der Waals surface area contributed by atoms with E-state index >= 15 is 0 Å². The van der Waals surface area contributed by atoms with Gasteiger partial charge in [-0.15, -0.1) is 11.3 Å². The molecule has 0 amide bonds. The summed E-state index contributed by atoms with van der Waals surface area (Å²) in [6.07, 6.45) is 1.61. The molecule has 100 valence electrons. The van der Waals surface area contributed by atoms with Crippen LogP contribution in [0.2, 0.25) is 5.02 Å². The molecule has 20 heavy (non-hydrogen) atoms. The fourth-order valence-corrected chi connectivity index (χ4v) is 2.92. The van der Waals surface area contributed by atoms with Crippen LogP contribution in [0.25, 0.3) is 10.2 Å². The monoisotopic (exact) mass is 305 g/mol. The van der Waals surface area contributed by atoms with Gasteiger partial charge < -0.3 is 0 Å². The third-order valence-electron chi connectivity index (χ3n) is 2.98. The van der Waals surface area contributed by atoms with E-state index in [4.69, 9.17) is 11.6 Å². The molecule has 3 aromatic rings. The Kier molecular flexibility index (Phi) is 3.51. The Labute approximate surface area is 123 Å². The minimum Gasteiger partial charge on any atom is -0.294 e. The van der Waals surface area contributed by atoms with E-state index in [0.29, 0.717) is 16.1 Å². The number of hydrogen-bond acceptors (Lipinski definition) is 3. The zero-order chi connectivity index (χ0) is 14.1. The number of fused-ring (bicyclic) bond motifs is 1. The molecule has 0 aliphatic rings. The number of carbonyl (C=O) groups is 1. The van der Waals surface area contributed by atoms with E-state index in [1.807, 2.05) is 17.5 Å². The molecule has 5 heteroatoms. The van der Waals surface area contributed by atoms with Gasteiger partial charge in [0.1, 0.15) is 5.82 Å². The van der Waals surface area contributed by atoms with Crippen LogP contribution in [0.1, 0.15) is 15.9 Å². The second-order valence-corrected chi connectivity index (χ2v) is 5.72. The Hall–Kier alpha value is -1.78. The van der Waals surface area contributed by atoms with Gasteiger partial charge >= 0.3 is 0 Å². The first-order valence-corrected chi connectivity index (χ1v) is 7.19. The Morgan fingerprint density at radius 3 is 3.00 bits per heavy atom. The average Bonchev–Trinajstić information content (AvgIpc) is 2.90. The maximum Gasteiger partial charge on any atom is 0.168 e. The Bertz CT molecular complexity index is 799. The SMILES string of the molecule is O=C(Cc1cc(F)ccc1Cl)c1cnc2ccsc2c1. The average molecular weight is 306 g/mol. The molecule has 0 aliphatic heterocycles. The zero-order valence-electron chi connectivity index (χ0n) is 10.3. The van der Waals surface area contributed by atoms with Gasteiger partial charge in [-0.25, -0.2) is 4.39 Å². The van der Waals surface area contributed by atoms with Crippen LogP contribution in [-0.2, 0) is 6.42 Å². The van der Waals surface area contributed by atoms with E-state index < -0.39 is 5.82 Å². The maximum atomic E-state index is 13.2. The summed E-state index contributed by atoms with van der Waals surface area (Å²) in [7, 11) is 0. The van der Waals surface area contributed by atoms with Crippen LogP contribution >= 0.6 is 22.9 Å². The number of pyridine rings is 1. The van der Waals surface area contributed by atoms with Crippen molar-refractivity contribution in [3.63, 3.8) is 0 Å². The third-order valence-corrected chi connectivity index (χ3v) is 4.21. The van der Waals surface area contributed by atoms with E-state index in [2.05, 4.69) is 4.98 Å². The first-order valence-electron chi connectivity index (χ1n) is 5.94. The predicted molar refractivity (Wildman–Crippen MR) is 79.1 cm³/mol. The fraction of sp³-hybridized carbons (Fsp3) is 0.0667. The first kappa shape index (κ1) is 13.2. The molecular formula is C15H9ClFNOS. The van der Waals surface area contributed by atoms with Crippen LogP contribution in [0.5, 0.6) is 0 Å². The standard InChI is InChI=1S/C15H9ClFNOS/c16-12-2-1-11(17)5-9(12)6-14(19)10-7-15-13(18-8-10)3-4-20-15/h1-5,7-8H,6H2. The number of ketones is 1. The topological polar surface area (TPSA) is 30.0 Å². The van der Waals surface area contributed by atoms with Gasteiger partial charge in [-0.2, -0.15) is 0 Å². The van der Waals surface area contributed by atoms with Crippen molar-refractivity contribution in [2.24, 2.45) is 0 Å². The molecule has 0 atom stereocenters. The fourth-order valence-electron chi connectivity index (χ4n) is 1.95. The van der Waals surface area contributed by atoms with Crippen molar-refractivity contribution >= 4 is 38.9 Å². The number of rotatable bonds is 3. The molecule has 0 N–H and O–H groups in total. The quantitative estimate of drug-likeness (QED) is 0.666. The highest BCUT2D eigenvalue weighted by atomic mass is 35.5. The number of nitrogens with zero attached hydrogens (tertiary/aromatic N) is 1. The lowest BCUT2D eigenvalue weighted by molar-refractivity contribution is 0.0993. The molecule has 2 aromatic heterocycles. The molecule has 1 aromatic carbocycles. The molecule has 0 bridgehead atoms.